The molecule has 0 saturated heterocycles. The monoisotopic (exact) mass is 474 g/mol. The van der Waals surface area contributed by atoms with E-state index in [1.54, 1.807) is 19.2 Å². The molecule has 2 N–H and O–H groups in total. The van der Waals surface area contributed by atoms with E-state index in [-0.39, 0.29) is 10.8 Å². The van der Waals surface area contributed by atoms with Gasteiger partial charge in [-0.15, -0.1) is 0 Å². The van der Waals surface area contributed by atoms with E-state index >= 15 is 0 Å². The molecule has 8 heteroatoms. The first-order chi connectivity index (χ1) is 16.4. The summed E-state index contributed by atoms with van der Waals surface area (Å²) in [6, 6.07) is 22.6. The molecule has 0 aliphatic heterocycles. The van der Waals surface area contributed by atoms with Gasteiger partial charge in [0.25, 0.3) is 5.91 Å². The van der Waals surface area contributed by atoms with Crippen molar-refractivity contribution in [3.8, 4) is 11.1 Å². The first-order valence-electron chi connectivity index (χ1n) is 10.8. The third-order valence-corrected chi connectivity index (χ3v) is 7.07. The molecule has 174 valence electrons. The minimum absolute atomic E-state index is 0.0568. The van der Waals surface area contributed by atoms with Gasteiger partial charge in [0.1, 0.15) is 0 Å². The van der Waals surface area contributed by atoms with E-state index in [1.165, 1.54) is 19.2 Å². The lowest BCUT2D eigenvalue weighted by Gasteiger charge is -2.13. The Kier molecular flexibility index (Phi) is 6.90. The quantitative estimate of drug-likeness (QED) is 0.407. The second-order valence-electron chi connectivity index (χ2n) is 7.92. The van der Waals surface area contributed by atoms with Crippen LogP contribution in [0.3, 0.4) is 0 Å². The molecule has 7 nitrogen and oxygen atoms in total. The van der Waals surface area contributed by atoms with E-state index in [0.717, 1.165) is 22.3 Å². The van der Waals surface area contributed by atoms with Crippen LogP contribution in [0, 0.1) is 6.92 Å². The van der Waals surface area contributed by atoms with Gasteiger partial charge in [0.05, 0.1) is 11.4 Å². The number of aryl methyl sites for hydroxylation is 1. The molecule has 0 aliphatic carbocycles. The van der Waals surface area contributed by atoms with Crippen molar-refractivity contribution in [3.05, 3.63) is 107 Å². The third-order valence-electron chi connectivity index (χ3n) is 5.66. The Bertz CT molecular complexity index is 1400. The van der Waals surface area contributed by atoms with Crippen LogP contribution < -0.4 is 10.0 Å². The summed E-state index contributed by atoms with van der Waals surface area (Å²) in [6.07, 6.45) is 3.69. The van der Waals surface area contributed by atoms with Gasteiger partial charge in [0.2, 0.25) is 10.0 Å². The van der Waals surface area contributed by atoms with Crippen molar-refractivity contribution in [2.45, 2.75) is 24.9 Å². The zero-order valence-electron chi connectivity index (χ0n) is 19.0. The number of hydrogen-bond donors (Lipinski definition) is 2. The minimum Gasteiger partial charge on any atom is -0.348 e. The molecule has 1 aromatic heterocycles. The summed E-state index contributed by atoms with van der Waals surface area (Å²) < 4.78 is 28.4. The van der Waals surface area contributed by atoms with Gasteiger partial charge in [0, 0.05) is 24.5 Å². The number of carbonyl (C=O) groups excluding carboxylic acids is 1. The topological polar surface area (TPSA) is 93.1 Å². The van der Waals surface area contributed by atoms with Crippen LogP contribution in [0.1, 0.15) is 27.0 Å². The molecule has 0 radical (unpaired) electrons. The largest absolute Gasteiger partial charge is 0.348 e. The number of benzene rings is 3. The van der Waals surface area contributed by atoms with Crippen molar-refractivity contribution >= 4 is 15.9 Å². The predicted molar refractivity (Wildman–Crippen MR) is 132 cm³/mol. The fourth-order valence-electron chi connectivity index (χ4n) is 3.73. The van der Waals surface area contributed by atoms with Crippen molar-refractivity contribution in [3.63, 3.8) is 0 Å². The van der Waals surface area contributed by atoms with Crippen molar-refractivity contribution in [1.82, 2.24) is 19.8 Å². The van der Waals surface area contributed by atoms with Gasteiger partial charge in [-0.3, -0.25) is 9.48 Å². The number of sulfonamides is 1. The highest BCUT2D eigenvalue weighted by Crippen LogP contribution is 2.25. The number of carbonyl (C=O) groups is 1. The Morgan fingerprint density at radius 3 is 2.47 bits per heavy atom. The maximum Gasteiger partial charge on any atom is 0.251 e. The number of nitrogens with one attached hydrogen (secondary N) is 2. The number of hydrogen-bond acceptors (Lipinski definition) is 4. The van der Waals surface area contributed by atoms with Gasteiger partial charge in [-0.2, -0.15) is 5.10 Å². The Morgan fingerprint density at radius 2 is 1.76 bits per heavy atom. The average molecular weight is 475 g/mol. The lowest BCUT2D eigenvalue weighted by molar-refractivity contribution is 0.0950. The summed E-state index contributed by atoms with van der Waals surface area (Å²) >= 11 is 0. The SMILES string of the molecule is CNS(=O)(=O)c1ccc(C)c(C(=O)NCc2ccccc2-c2ccc(Cn3cccn3)cc2)c1. The minimum atomic E-state index is -3.64. The molecule has 0 spiro atoms. The first kappa shape index (κ1) is 23.4. The van der Waals surface area contributed by atoms with Crippen LogP contribution in [0.2, 0.25) is 0 Å². The standard InChI is InChI=1S/C26H26N4O3S/c1-19-8-13-23(34(32,33)27-2)16-25(19)26(31)28-17-22-6-3-4-7-24(22)21-11-9-20(10-12-21)18-30-15-5-14-29-30/h3-16,27H,17-18H2,1-2H3,(H,28,31). The van der Waals surface area contributed by atoms with Crippen LogP contribution in [-0.4, -0.2) is 31.2 Å². The van der Waals surface area contributed by atoms with Gasteiger partial charge in [-0.25, -0.2) is 13.1 Å². The number of nitrogens with zero attached hydrogens (tertiary/aromatic N) is 2. The molecule has 4 aromatic rings. The molecule has 0 bridgehead atoms. The van der Waals surface area contributed by atoms with Gasteiger partial charge in [-0.1, -0.05) is 54.6 Å². The van der Waals surface area contributed by atoms with Crippen LogP contribution in [0.4, 0.5) is 0 Å². The Balaban J connectivity index is 1.51. The highest BCUT2D eigenvalue weighted by molar-refractivity contribution is 7.89. The third kappa shape index (κ3) is 5.24. The van der Waals surface area contributed by atoms with Crippen LogP contribution in [-0.2, 0) is 23.1 Å². The van der Waals surface area contributed by atoms with E-state index in [1.807, 2.05) is 41.2 Å². The summed E-state index contributed by atoms with van der Waals surface area (Å²) in [4.78, 5) is 13.0. The molecule has 0 aliphatic rings. The van der Waals surface area contributed by atoms with Crippen LogP contribution in [0.15, 0.2) is 90.1 Å². The number of amides is 1. The maximum atomic E-state index is 12.9. The van der Waals surface area contributed by atoms with Crippen molar-refractivity contribution in [2.24, 2.45) is 0 Å². The van der Waals surface area contributed by atoms with Crippen LogP contribution in [0.25, 0.3) is 11.1 Å². The van der Waals surface area contributed by atoms with Crippen LogP contribution >= 0.6 is 0 Å². The lowest BCUT2D eigenvalue weighted by atomic mass is 9.98. The van der Waals surface area contributed by atoms with Crippen molar-refractivity contribution in [1.29, 1.82) is 0 Å². The second-order valence-corrected chi connectivity index (χ2v) is 9.81. The highest BCUT2D eigenvalue weighted by atomic mass is 32.2. The zero-order valence-corrected chi connectivity index (χ0v) is 19.8. The fraction of sp³-hybridized carbons (Fsp3) is 0.154. The van der Waals surface area contributed by atoms with Gasteiger partial charge < -0.3 is 5.32 Å². The van der Waals surface area contributed by atoms with Gasteiger partial charge >= 0.3 is 0 Å². The Morgan fingerprint density at radius 1 is 1.00 bits per heavy atom. The van der Waals surface area contributed by atoms with E-state index in [4.69, 9.17) is 0 Å². The lowest BCUT2D eigenvalue weighted by Crippen LogP contribution is -2.25. The molecule has 0 fully saturated rings. The molecule has 4 rings (SSSR count). The zero-order chi connectivity index (χ0) is 24.1. The summed E-state index contributed by atoms with van der Waals surface area (Å²) in [5.74, 6) is -0.324. The molecule has 0 atom stereocenters. The van der Waals surface area contributed by atoms with Crippen molar-refractivity contribution in [2.75, 3.05) is 7.05 Å². The van der Waals surface area contributed by atoms with E-state index in [0.29, 0.717) is 24.2 Å². The van der Waals surface area contributed by atoms with Crippen molar-refractivity contribution < 1.29 is 13.2 Å². The average Bonchev–Trinajstić information content (AvgIpc) is 3.36. The number of rotatable bonds is 8. The molecule has 0 saturated carbocycles. The van der Waals surface area contributed by atoms with Gasteiger partial charge in [-0.05, 0) is 60.0 Å². The summed E-state index contributed by atoms with van der Waals surface area (Å²) in [5, 5.41) is 7.18. The first-order valence-corrected chi connectivity index (χ1v) is 12.3. The molecular formula is C26H26N4O3S. The van der Waals surface area contributed by atoms with E-state index in [9.17, 15) is 13.2 Å². The predicted octanol–water partition coefficient (Wildman–Crippen LogP) is 3.74. The molecule has 0 unspecified atom stereocenters. The smallest absolute Gasteiger partial charge is 0.251 e. The normalized spacial score (nSPS) is 11.4. The molecule has 1 amide bonds. The maximum absolute atomic E-state index is 12.9. The van der Waals surface area contributed by atoms with Crippen LogP contribution in [0.5, 0.6) is 0 Å². The summed E-state index contributed by atoms with van der Waals surface area (Å²) in [7, 11) is -2.29. The van der Waals surface area contributed by atoms with Gasteiger partial charge in [0.15, 0.2) is 0 Å². The van der Waals surface area contributed by atoms with E-state index < -0.39 is 10.0 Å². The summed E-state index contributed by atoms with van der Waals surface area (Å²) in [5.41, 5.74) is 5.21. The molecule has 34 heavy (non-hydrogen) atoms. The van der Waals surface area contributed by atoms with E-state index in [2.05, 4.69) is 39.4 Å². The summed E-state index contributed by atoms with van der Waals surface area (Å²) in [6.45, 7) is 2.79. The molecule has 1 heterocycles. The molecular weight excluding hydrogens is 448 g/mol. The Labute approximate surface area is 199 Å². The Hall–Kier alpha value is -3.75. The molecule has 3 aromatic carbocycles. The number of aromatic nitrogens is 2. The second kappa shape index (κ2) is 10.0. The highest BCUT2D eigenvalue weighted by Gasteiger charge is 2.17. The fourth-order valence-corrected chi connectivity index (χ4v) is 4.48.